The molecule has 184 valence electrons. The number of pyridine rings is 1. The molecule has 0 radical (unpaired) electrons. The smallest absolute Gasteiger partial charge is 0.311 e. The Morgan fingerprint density at radius 2 is 1.89 bits per heavy atom. The van der Waals surface area contributed by atoms with E-state index < -0.39 is 29.1 Å². The lowest BCUT2D eigenvalue weighted by molar-refractivity contribution is -0.139. The minimum Gasteiger partial charge on any atom is -0.469 e. The first-order chi connectivity index (χ1) is 16.9. The highest BCUT2D eigenvalue weighted by molar-refractivity contribution is 7.14. The number of benzene rings is 1. The fourth-order valence-corrected chi connectivity index (χ4v) is 4.92. The molecule has 2 aromatic heterocycles. The molecule has 1 N–H and O–H groups in total. The van der Waals surface area contributed by atoms with Crippen LogP contribution < -0.4 is 10.9 Å². The number of aromatic nitrogens is 2. The van der Waals surface area contributed by atoms with E-state index >= 15 is 0 Å². The Morgan fingerprint density at radius 1 is 1.11 bits per heavy atom. The molecular formula is C25H25F2N3O4S. The molecule has 1 aliphatic carbocycles. The molecule has 4 rings (SSSR count). The van der Waals surface area contributed by atoms with Crippen LogP contribution >= 0.6 is 11.3 Å². The van der Waals surface area contributed by atoms with Gasteiger partial charge in [0, 0.05) is 11.1 Å². The Morgan fingerprint density at radius 3 is 2.63 bits per heavy atom. The van der Waals surface area contributed by atoms with E-state index in [9.17, 15) is 23.2 Å². The number of anilines is 1. The molecule has 0 unspecified atom stereocenters. The summed E-state index contributed by atoms with van der Waals surface area (Å²) in [6, 6.07) is 5.18. The SMILES string of the molecule is COC(=O)Cc1csc(NC(=O)c2cc3c(n(Cc4ccc(F)c(F)c4)c2=O)CCCCCC3)n1. The standard InChI is InChI=1S/C25H25F2N3O4S/c1-34-22(31)12-17-14-35-25(28-17)29-23(32)18-11-16-6-4-2-3-5-7-21(16)30(24(18)33)13-15-8-9-19(26)20(27)10-15/h8-11,14H,2-7,12-13H2,1H3,(H,28,29,32). The number of ether oxygens (including phenoxy) is 1. The molecule has 0 fully saturated rings. The Bertz CT molecular complexity index is 1320. The number of esters is 1. The first kappa shape index (κ1) is 24.7. The maximum atomic E-state index is 13.8. The van der Waals surface area contributed by atoms with Gasteiger partial charge in [-0.15, -0.1) is 11.3 Å². The fourth-order valence-electron chi connectivity index (χ4n) is 4.21. The number of hydrogen-bond acceptors (Lipinski definition) is 6. The number of methoxy groups -OCH3 is 1. The third kappa shape index (κ3) is 5.82. The largest absolute Gasteiger partial charge is 0.469 e. The second-order valence-corrected chi connectivity index (χ2v) is 9.29. The number of halogens is 2. The number of nitrogens with one attached hydrogen (secondary N) is 1. The normalized spacial score (nSPS) is 13.5. The summed E-state index contributed by atoms with van der Waals surface area (Å²) < 4.78 is 33.4. The minimum atomic E-state index is -0.987. The third-order valence-corrected chi connectivity index (χ3v) is 6.80. The van der Waals surface area contributed by atoms with E-state index in [-0.39, 0.29) is 23.7 Å². The first-order valence-electron chi connectivity index (χ1n) is 11.4. The summed E-state index contributed by atoms with van der Waals surface area (Å²) in [7, 11) is 1.28. The van der Waals surface area contributed by atoms with Gasteiger partial charge in [0.25, 0.3) is 11.5 Å². The van der Waals surface area contributed by atoms with Crippen LogP contribution in [0.1, 0.15) is 58.6 Å². The highest BCUT2D eigenvalue weighted by Crippen LogP contribution is 2.23. The number of amides is 1. The van der Waals surface area contributed by atoms with Gasteiger partial charge in [-0.1, -0.05) is 18.9 Å². The van der Waals surface area contributed by atoms with Crippen molar-refractivity contribution in [1.82, 2.24) is 9.55 Å². The van der Waals surface area contributed by atoms with E-state index in [1.54, 1.807) is 11.4 Å². The number of rotatable bonds is 6. The van der Waals surface area contributed by atoms with Gasteiger partial charge < -0.3 is 9.30 Å². The zero-order valence-electron chi connectivity index (χ0n) is 19.2. The van der Waals surface area contributed by atoms with Gasteiger partial charge >= 0.3 is 5.97 Å². The van der Waals surface area contributed by atoms with Crippen molar-refractivity contribution in [3.8, 4) is 0 Å². The predicted molar refractivity (Wildman–Crippen MR) is 128 cm³/mol. The molecule has 0 aliphatic heterocycles. The van der Waals surface area contributed by atoms with Crippen molar-refractivity contribution in [1.29, 1.82) is 0 Å². The Hall–Kier alpha value is -3.40. The molecule has 0 saturated heterocycles. The van der Waals surface area contributed by atoms with Crippen molar-refractivity contribution < 1.29 is 23.1 Å². The van der Waals surface area contributed by atoms with Crippen LogP contribution in [0.25, 0.3) is 0 Å². The minimum absolute atomic E-state index is 0.0250. The second-order valence-electron chi connectivity index (χ2n) is 8.43. The summed E-state index contributed by atoms with van der Waals surface area (Å²) in [5.41, 5.74) is 2.06. The van der Waals surface area contributed by atoms with E-state index in [0.717, 1.165) is 60.4 Å². The first-order valence-corrected chi connectivity index (χ1v) is 12.3. The third-order valence-electron chi connectivity index (χ3n) is 5.99. The zero-order chi connectivity index (χ0) is 24.9. The molecule has 0 atom stereocenters. The van der Waals surface area contributed by atoms with Gasteiger partial charge in [0.2, 0.25) is 0 Å². The molecule has 2 heterocycles. The van der Waals surface area contributed by atoms with Crippen LogP contribution in [0.3, 0.4) is 0 Å². The molecule has 1 aliphatic rings. The molecule has 0 spiro atoms. The predicted octanol–water partition coefficient (Wildman–Crippen LogP) is 4.26. The van der Waals surface area contributed by atoms with E-state index in [1.165, 1.54) is 17.7 Å². The van der Waals surface area contributed by atoms with Crippen LogP contribution in [0.5, 0.6) is 0 Å². The van der Waals surface area contributed by atoms with Crippen LogP contribution in [0.4, 0.5) is 13.9 Å². The highest BCUT2D eigenvalue weighted by Gasteiger charge is 2.22. The van der Waals surface area contributed by atoms with Gasteiger partial charge in [-0.05, 0) is 55.0 Å². The van der Waals surface area contributed by atoms with Crippen LogP contribution in [0, 0.1) is 11.6 Å². The number of carbonyl (C=O) groups is 2. The molecule has 10 heteroatoms. The zero-order valence-corrected chi connectivity index (χ0v) is 20.1. The van der Waals surface area contributed by atoms with E-state index in [4.69, 9.17) is 0 Å². The van der Waals surface area contributed by atoms with Crippen molar-refractivity contribution in [2.45, 2.75) is 51.5 Å². The average molecular weight is 502 g/mol. The molecular weight excluding hydrogens is 476 g/mol. The van der Waals surface area contributed by atoms with Crippen LogP contribution in [0.2, 0.25) is 0 Å². The van der Waals surface area contributed by atoms with E-state index in [0.29, 0.717) is 24.1 Å². The van der Waals surface area contributed by atoms with Gasteiger partial charge in [0.1, 0.15) is 5.56 Å². The van der Waals surface area contributed by atoms with Crippen LogP contribution in [0.15, 0.2) is 34.4 Å². The Balaban J connectivity index is 1.68. The molecule has 1 aromatic carbocycles. The van der Waals surface area contributed by atoms with Crippen molar-refractivity contribution in [2.24, 2.45) is 0 Å². The monoisotopic (exact) mass is 501 g/mol. The summed E-state index contributed by atoms with van der Waals surface area (Å²) in [6.07, 6.45) is 5.29. The molecule has 0 bridgehead atoms. The summed E-state index contributed by atoms with van der Waals surface area (Å²) in [4.78, 5) is 42.3. The summed E-state index contributed by atoms with van der Waals surface area (Å²) in [5.74, 6) is -3.01. The maximum Gasteiger partial charge on any atom is 0.311 e. The summed E-state index contributed by atoms with van der Waals surface area (Å²) in [6.45, 7) is 0.0278. The van der Waals surface area contributed by atoms with Crippen molar-refractivity contribution in [2.75, 3.05) is 12.4 Å². The van der Waals surface area contributed by atoms with Crippen molar-refractivity contribution in [3.05, 3.63) is 79.7 Å². The number of aryl methyl sites for hydroxylation is 1. The van der Waals surface area contributed by atoms with E-state index in [1.807, 2.05) is 0 Å². The number of fused-ring (bicyclic) bond motifs is 1. The molecule has 35 heavy (non-hydrogen) atoms. The molecule has 1 amide bonds. The van der Waals surface area contributed by atoms with Crippen LogP contribution in [-0.4, -0.2) is 28.5 Å². The topological polar surface area (TPSA) is 90.3 Å². The van der Waals surface area contributed by atoms with Crippen LogP contribution in [-0.2, 0) is 35.3 Å². The van der Waals surface area contributed by atoms with E-state index in [2.05, 4.69) is 15.0 Å². The lowest BCUT2D eigenvalue weighted by Crippen LogP contribution is -2.33. The lowest BCUT2D eigenvalue weighted by atomic mass is 9.95. The second kappa shape index (κ2) is 10.9. The maximum absolute atomic E-state index is 13.8. The molecule has 0 saturated carbocycles. The number of nitrogens with zero attached hydrogens (tertiary/aromatic N) is 2. The van der Waals surface area contributed by atoms with Gasteiger partial charge in [-0.3, -0.25) is 19.7 Å². The fraction of sp³-hybridized carbons (Fsp3) is 0.360. The number of thiazole rings is 1. The number of hydrogen-bond donors (Lipinski definition) is 1. The summed E-state index contributed by atoms with van der Waals surface area (Å²) in [5, 5.41) is 4.54. The Labute approximate surface area is 204 Å². The Kier molecular flexibility index (Phi) is 7.70. The number of carbonyl (C=O) groups excluding carboxylic acids is 2. The van der Waals surface area contributed by atoms with Gasteiger partial charge in [0.05, 0.1) is 25.8 Å². The summed E-state index contributed by atoms with van der Waals surface area (Å²) >= 11 is 1.14. The van der Waals surface area contributed by atoms with Crippen molar-refractivity contribution in [3.63, 3.8) is 0 Å². The van der Waals surface area contributed by atoms with Crippen molar-refractivity contribution >= 4 is 28.3 Å². The lowest BCUT2D eigenvalue weighted by Gasteiger charge is -2.21. The van der Waals surface area contributed by atoms with Gasteiger partial charge in [-0.25, -0.2) is 13.8 Å². The van der Waals surface area contributed by atoms with Gasteiger partial charge in [-0.2, -0.15) is 0 Å². The van der Waals surface area contributed by atoms with Gasteiger partial charge in [0.15, 0.2) is 16.8 Å². The molecule has 7 nitrogen and oxygen atoms in total. The highest BCUT2D eigenvalue weighted by atomic mass is 32.1. The quantitative estimate of drug-likeness (QED) is 0.510. The molecule has 3 aromatic rings. The average Bonchev–Trinajstić information content (AvgIpc) is 3.25.